The van der Waals surface area contributed by atoms with Gasteiger partial charge in [0.2, 0.25) is 0 Å². The van der Waals surface area contributed by atoms with Crippen molar-refractivity contribution in [2.24, 2.45) is 23.5 Å². The summed E-state index contributed by atoms with van der Waals surface area (Å²) >= 11 is 0. The van der Waals surface area contributed by atoms with Crippen molar-refractivity contribution in [2.75, 3.05) is 5.75 Å². The lowest BCUT2D eigenvalue weighted by molar-refractivity contribution is 0.263. The monoisotopic (exact) mass is 259 g/mol. The second kappa shape index (κ2) is 6.89. The average molecular weight is 259 g/mol. The van der Waals surface area contributed by atoms with Crippen LogP contribution in [0, 0.1) is 17.8 Å². The summed E-state index contributed by atoms with van der Waals surface area (Å²) in [6.07, 6.45) is 4.46. The summed E-state index contributed by atoms with van der Waals surface area (Å²) in [5.41, 5.74) is 6.17. The Bertz CT molecular complexity index is 255. The Morgan fingerprint density at radius 2 is 1.94 bits per heavy atom. The van der Waals surface area contributed by atoms with E-state index in [1.165, 1.54) is 6.42 Å². The van der Waals surface area contributed by atoms with Crippen LogP contribution in [0.2, 0.25) is 0 Å². The van der Waals surface area contributed by atoms with E-state index in [9.17, 15) is 4.21 Å². The highest BCUT2D eigenvalue weighted by Gasteiger charge is 2.33. The Kier molecular flexibility index (Phi) is 6.14. The predicted molar refractivity (Wildman–Crippen MR) is 76.4 cm³/mol. The molecule has 1 aliphatic rings. The molecular weight excluding hydrogens is 230 g/mol. The second-order valence-corrected chi connectivity index (χ2v) is 7.78. The molecule has 0 aromatic rings. The molecule has 1 fully saturated rings. The van der Waals surface area contributed by atoms with Gasteiger partial charge in [0.05, 0.1) is 5.25 Å². The van der Waals surface area contributed by atoms with Crippen LogP contribution in [0.1, 0.15) is 53.4 Å². The largest absolute Gasteiger partial charge is 0.327 e. The van der Waals surface area contributed by atoms with Gasteiger partial charge in [-0.3, -0.25) is 4.21 Å². The van der Waals surface area contributed by atoms with Gasteiger partial charge in [0.1, 0.15) is 0 Å². The molecule has 0 aliphatic heterocycles. The second-order valence-electron chi connectivity index (χ2n) is 6.08. The highest BCUT2D eigenvalue weighted by Crippen LogP contribution is 2.32. The standard InChI is InChI=1S/C14H29NOS/c1-5-11(4)9-17(16)14-8-12(10(2)3)6-7-13(14)15/h10-14H,5-9,15H2,1-4H3. The molecule has 0 spiro atoms. The van der Waals surface area contributed by atoms with Crippen LogP contribution in [0.3, 0.4) is 0 Å². The average Bonchev–Trinajstić information content (AvgIpc) is 2.28. The molecule has 2 nitrogen and oxygen atoms in total. The van der Waals surface area contributed by atoms with Crippen LogP contribution >= 0.6 is 0 Å². The van der Waals surface area contributed by atoms with Crippen LogP contribution in [0.4, 0.5) is 0 Å². The van der Waals surface area contributed by atoms with Crippen molar-refractivity contribution in [3.8, 4) is 0 Å². The third-order valence-electron chi connectivity index (χ3n) is 4.31. The minimum absolute atomic E-state index is 0.162. The molecular formula is C14H29NOS. The Labute approximate surface area is 109 Å². The van der Waals surface area contributed by atoms with E-state index in [0.717, 1.165) is 30.9 Å². The van der Waals surface area contributed by atoms with Crippen LogP contribution in [0.15, 0.2) is 0 Å². The zero-order chi connectivity index (χ0) is 13.0. The number of rotatable bonds is 5. The van der Waals surface area contributed by atoms with Gasteiger partial charge in [-0.05, 0) is 37.0 Å². The van der Waals surface area contributed by atoms with Crippen LogP contribution in [-0.2, 0) is 10.8 Å². The minimum atomic E-state index is -0.729. The maximum Gasteiger partial charge on any atom is 0.0501 e. The van der Waals surface area contributed by atoms with Gasteiger partial charge in [0.25, 0.3) is 0 Å². The SMILES string of the molecule is CCC(C)CS(=O)C1CC(C(C)C)CCC1N. The van der Waals surface area contributed by atoms with Gasteiger partial charge < -0.3 is 5.73 Å². The van der Waals surface area contributed by atoms with Crippen molar-refractivity contribution in [1.82, 2.24) is 0 Å². The van der Waals surface area contributed by atoms with Crippen LogP contribution < -0.4 is 5.73 Å². The normalized spacial score (nSPS) is 33.6. The van der Waals surface area contributed by atoms with E-state index < -0.39 is 10.8 Å². The molecule has 3 heteroatoms. The van der Waals surface area contributed by atoms with Crippen molar-refractivity contribution in [3.63, 3.8) is 0 Å². The van der Waals surface area contributed by atoms with Gasteiger partial charge in [-0.2, -0.15) is 0 Å². The fourth-order valence-corrected chi connectivity index (χ4v) is 4.64. The summed E-state index contributed by atoms with van der Waals surface area (Å²) in [6.45, 7) is 8.90. The van der Waals surface area contributed by atoms with Crippen LogP contribution in [0.25, 0.3) is 0 Å². The molecule has 5 atom stereocenters. The van der Waals surface area contributed by atoms with Crippen molar-refractivity contribution in [2.45, 2.75) is 64.7 Å². The van der Waals surface area contributed by atoms with E-state index in [-0.39, 0.29) is 11.3 Å². The molecule has 2 N–H and O–H groups in total. The van der Waals surface area contributed by atoms with Crippen LogP contribution in [-0.4, -0.2) is 21.3 Å². The van der Waals surface area contributed by atoms with E-state index in [1.807, 2.05) is 0 Å². The molecule has 5 unspecified atom stereocenters. The first-order valence-electron chi connectivity index (χ1n) is 7.08. The van der Waals surface area contributed by atoms with Crippen molar-refractivity contribution in [3.05, 3.63) is 0 Å². The first-order valence-corrected chi connectivity index (χ1v) is 8.46. The summed E-state index contributed by atoms with van der Waals surface area (Å²) in [7, 11) is -0.729. The van der Waals surface area contributed by atoms with E-state index in [0.29, 0.717) is 11.8 Å². The molecule has 1 aliphatic carbocycles. The third kappa shape index (κ3) is 4.36. The highest BCUT2D eigenvalue weighted by molar-refractivity contribution is 7.85. The molecule has 1 saturated carbocycles. The summed E-state index contributed by atoms with van der Waals surface area (Å²) in [6, 6.07) is 0.162. The Morgan fingerprint density at radius 3 is 2.47 bits per heavy atom. The third-order valence-corrected chi connectivity index (χ3v) is 6.42. The number of nitrogens with two attached hydrogens (primary N) is 1. The fraction of sp³-hybridized carbons (Fsp3) is 1.00. The molecule has 102 valence electrons. The van der Waals surface area contributed by atoms with Crippen molar-refractivity contribution < 1.29 is 4.21 Å². The molecule has 0 aromatic heterocycles. The van der Waals surface area contributed by atoms with E-state index in [2.05, 4.69) is 27.7 Å². The van der Waals surface area contributed by atoms with Crippen molar-refractivity contribution >= 4 is 10.8 Å². The maximum absolute atomic E-state index is 12.4. The summed E-state index contributed by atoms with van der Waals surface area (Å²) in [4.78, 5) is 0. The molecule has 17 heavy (non-hydrogen) atoms. The molecule has 0 radical (unpaired) electrons. The molecule has 0 aromatic carbocycles. The summed E-state index contributed by atoms with van der Waals surface area (Å²) in [5, 5.41) is 0.241. The van der Waals surface area contributed by atoms with Crippen LogP contribution in [0.5, 0.6) is 0 Å². The Balaban J connectivity index is 2.57. The first kappa shape index (κ1) is 15.2. The first-order chi connectivity index (χ1) is 7.95. The van der Waals surface area contributed by atoms with Gasteiger partial charge in [0.15, 0.2) is 0 Å². The van der Waals surface area contributed by atoms with Gasteiger partial charge in [-0.1, -0.05) is 34.1 Å². The number of hydrogen-bond donors (Lipinski definition) is 1. The lowest BCUT2D eigenvalue weighted by Crippen LogP contribution is -2.44. The Morgan fingerprint density at radius 1 is 1.29 bits per heavy atom. The molecule has 0 amide bonds. The fourth-order valence-electron chi connectivity index (χ4n) is 2.61. The minimum Gasteiger partial charge on any atom is -0.327 e. The lowest BCUT2D eigenvalue weighted by atomic mass is 9.79. The van der Waals surface area contributed by atoms with Gasteiger partial charge in [0, 0.05) is 22.6 Å². The van der Waals surface area contributed by atoms with E-state index in [4.69, 9.17) is 5.73 Å². The predicted octanol–water partition coefficient (Wildman–Crippen LogP) is 2.93. The molecule has 1 rings (SSSR count). The quantitative estimate of drug-likeness (QED) is 0.825. The lowest BCUT2D eigenvalue weighted by Gasteiger charge is -2.35. The summed E-state index contributed by atoms with van der Waals surface area (Å²) in [5.74, 6) is 2.81. The Hall–Kier alpha value is 0.110. The molecule has 0 saturated heterocycles. The van der Waals surface area contributed by atoms with Gasteiger partial charge >= 0.3 is 0 Å². The van der Waals surface area contributed by atoms with E-state index in [1.54, 1.807) is 0 Å². The van der Waals surface area contributed by atoms with Crippen molar-refractivity contribution in [1.29, 1.82) is 0 Å². The zero-order valence-electron chi connectivity index (χ0n) is 11.8. The highest BCUT2D eigenvalue weighted by atomic mass is 32.2. The van der Waals surface area contributed by atoms with Gasteiger partial charge in [-0.15, -0.1) is 0 Å². The topological polar surface area (TPSA) is 43.1 Å². The smallest absolute Gasteiger partial charge is 0.0501 e. The zero-order valence-corrected chi connectivity index (χ0v) is 12.6. The number of hydrogen-bond acceptors (Lipinski definition) is 2. The maximum atomic E-state index is 12.4. The molecule has 0 bridgehead atoms. The summed E-state index contributed by atoms with van der Waals surface area (Å²) < 4.78 is 12.4. The molecule has 0 heterocycles. The van der Waals surface area contributed by atoms with E-state index >= 15 is 0 Å². The van der Waals surface area contributed by atoms with Gasteiger partial charge in [-0.25, -0.2) is 0 Å².